The van der Waals surface area contributed by atoms with Crippen molar-refractivity contribution in [2.24, 2.45) is 0 Å². The van der Waals surface area contributed by atoms with Gasteiger partial charge in [0.25, 0.3) is 0 Å². The molecule has 76 valence electrons. The first-order valence-corrected chi connectivity index (χ1v) is 4.34. The Bertz CT molecular complexity index is 489. The lowest BCUT2D eigenvalue weighted by Crippen LogP contribution is -1.98. The number of furan rings is 1. The van der Waals surface area contributed by atoms with Gasteiger partial charge in [-0.2, -0.15) is 0 Å². The average Bonchev–Trinajstić information content (AvgIpc) is 2.69. The number of hydrogen-bond acceptors (Lipinski definition) is 3. The second-order valence-corrected chi connectivity index (χ2v) is 3.13. The summed E-state index contributed by atoms with van der Waals surface area (Å²) in [5.74, 6) is -0.403. The van der Waals surface area contributed by atoms with Gasteiger partial charge in [0.05, 0.1) is 11.8 Å². The second kappa shape index (κ2) is 3.49. The van der Waals surface area contributed by atoms with Crippen LogP contribution in [-0.4, -0.2) is 11.1 Å². The van der Waals surface area contributed by atoms with Gasteiger partial charge in [-0.3, -0.25) is 0 Å². The molecule has 0 atom stereocenters. The van der Waals surface area contributed by atoms with Crippen molar-refractivity contribution in [1.29, 1.82) is 0 Å². The Kier molecular flexibility index (Phi) is 2.17. The smallest absolute Gasteiger partial charge is 0.335 e. The van der Waals surface area contributed by atoms with Crippen molar-refractivity contribution < 1.29 is 14.3 Å². The molecule has 0 bridgehead atoms. The van der Waals surface area contributed by atoms with Crippen LogP contribution in [0, 0.1) is 0 Å². The van der Waals surface area contributed by atoms with Gasteiger partial charge in [-0.15, -0.1) is 0 Å². The lowest BCUT2D eigenvalue weighted by Gasteiger charge is -2.01. The van der Waals surface area contributed by atoms with E-state index in [0.717, 1.165) is 0 Å². The van der Waals surface area contributed by atoms with Gasteiger partial charge in [-0.05, 0) is 30.3 Å². The molecule has 1 heterocycles. The molecule has 0 aliphatic heterocycles. The van der Waals surface area contributed by atoms with Crippen LogP contribution in [0.5, 0.6) is 0 Å². The SMILES string of the molecule is Nc1cc(C(=O)O)cc(-c2ccco2)c1. The molecule has 2 rings (SSSR count). The van der Waals surface area contributed by atoms with Crippen molar-refractivity contribution in [3.63, 3.8) is 0 Å². The number of aromatic carboxylic acids is 1. The molecular formula is C11H9NO3. The lowest BCUT2D eigenvalue weighted by atomic mass is 10.1. The van der Waals surface area contributed by atoms with Crippen molar-refractivity contribution in [3.8, 4) is 11.3 Å². The maximum atomic E-state index is 10.8. The molecule has 4 heteroatoms. The highest BCUT2D eigenvalue weighted by molar-refractivity contribution is 5.90. The standard InChI is InChI=1S/C11H9NO3/c12-9-5-7(10-2-1-3-15-10)4-8(6-9)11(13)14/h1-6H,12H2,(H,13,14). The van der Waals surface area contributed by atoms with Crippen LogP contribution in [0.25, 0.3) is 11.3 Å². The summed E-state index contributed by atoms with van der Waals surface area (Å²) in [4.78, 5) is 10.8. The summed E-state index contributed by atoms with van der Waals surface area (Å²) in [7, 11) is 0. The average molecular weight is 203 g/mol. The molecule has 0 spiro atoms. The van der Waals surface area contributed by atoms with E-state index >= 15 is 0 Å². The Balaban J connectivity index is 2.54. The van der Waals surface area contributed by atoms with Crippen LogP contribution < -0.4 is 5.73 Å². The number of nitrogens with two attached hydrogens (primary N) is 1. The molecule has 0 aliphatic rings. The van der Waals surface area contributed by atoms with Crippen molar-refractivity contribution >= 4 is 11.7 Å². The van der Waals surface area contributed by atoms with Gasteiger partial charge in [0.1, 0.15) is 5.76 Å². The molecule has 0 aliphatic carbocycles. The Morgan fingerprint density at radius 1 is 1.33 bits per heavy atom. The zero-order chi connectivity index (χ0) is 10.8. The first-order chi connectivity index (χ1) is 7.16. The molecule has 0 saturated heterocycles. The van der Waals surface area contributed by atoms with Crippen molar-refractivity contribution in [2.45, 2.75) is 0 Å². The second-order valence-electron chi connectivity index (χ2n) is 3.13. The number of hydrogen-bond donors (Lipinski definition) is 2. The number of nitrogen functional groups attached to an aromatic ring is 1. The summed E-state index contributed by atoms with van der Waals surface area (Å²) < 4.78 is 5.16. The fourth-order valence-electron chi connectivity index (χ4n) is 1.36. The fourth-order valence-corrected chi connectivity index (χ4v) is 1.36. The minimum atomic E-state index is -1.00. The largest absolute Gasteiger partial charge is 0.478 e. The maximum absolute atomic E-state index is 10.8. The van der Waals surface area contributed by atoms with Crippen LogP contribution in [0.15, 0.2) is 41.0 Å². The lowest BCUT2D eigenvalue weighted by molar-refractivity contribution is 0.0697. The van der Waals surface area contributed by atoms with E-state index in [4.69, 9.17) is 15.3 Å². The molecule has 0 saturated carbocycles. The van der Waals surface area contributed by atoms with Crippen molar-refractivity contribution in [3.05, 3.63) is 42.2 Å². The fraction of sp³-hybridized carbons (Fsp3) is 0. The maximum Gasteiger partial charge on any atom is 0.335 e. The predicted molar refractivity (Wildman–Crippen MR) is 55.5 cm³/mol. The summed E-state index contributed by atoms with van der Waals surface area (Å²) in [6, 6.07) is 8.09. The minimum absolute atomic E-state index is 0.154. The van der Waals surface area contributed by atoms with E-state index in [1.807, 2.05) is 0 Å². The molecule has 15 heavy (non-hydrogen) atoms. The summed E-state index contributed by atoms with van der Waals surface area (Å²) in [5, 5.41) is 8.85. The Hall–Kier alpha value is -2.23. The van der Waals surface area contributed by atoms with Gasteiger partial charge >= 0.3 is 5.97 Å². The number of carboxylic acid groups (broad SMARTS) is 1. The normalized spacial score (nSPS) is 10.1. The molecule has 1 aromatic heterocycles. The molecular weight excluding hydrogens is 194 g/mol. The van der Waals surface area contributed by atoms with Gasteiger partial charge < -0.3 is 15.3 Å². The third kappa shape index (κ3) is 1.83. The van der Waals surface area contributed by atoms with E-state index < -0.39 is 5.97 Å². The van der Waals surface area contributed by atoms with Gasteiger partial charge in [-0.25, -0.2) is 4.79 Å². The van der Waals surface area contributed by atoms with Crippen LogP contribution in [0.2, 0.25) is 0 Å². The van der Waals surface area contributed by atoms with E-state index in [-0.39, 0.29) is 5.56 Å². The summed E-state index contributed by atoms with van der Waals surface area (Å²) in [5.41, 5.74) is 6.82. The van der Waals surface area contributed by atoms with Gasteiger partial charge in [0, 0.05) is 11.3 Å². The molecule has 0 fully saturated rings. The monoisotopic (exact) mass is 203 g/mol. The van der Waals surface area contributed by atoms with Gasteiger partial charge in [0.15, 0.2) is 0 Å². The highest BCUT2D eigenvalue weighted by Gasteiger charge is 2.08. The first-order valence-electron chi connectivity index (χ1n) is 4.34. The molecule has 0 amide bonds. The zero-order valence-electron chi connectivity index (χ0n) is 7.81. The number of carboxylic acids is 1. The minimum Gasteiger partial charge on any atom is -0.478 e. The third-order valence-electron chi connectivity index (χ3n) is 2.01. The molecule has 2 aromatic rings. The predicted octanol–water partition coefficient (Wildman–Crippen LogP) is 2.23. The highest BCUT2D eigenvalue weighted by Crippen LogP contribution is 2.23. The van der Waals surface area contributed by atoms with Crippen LogP contribution >= 0.6 is 0 Å². The summed E-state index contributed by atoms with van der Waals surface area (Å²) >= 11 is 0. The van der Waals surface area contributed by atoms with E-state index in [1.54, 1.807) is 18.2 Å². The van der Waals surface area contributed by atoms with Crippen LogP contribution in [0.4, 0.5) is 5.69 Å². The van der Waals surface area contributed by atoms with Crippen LogP contribution in [0.1, 0.15) is 10.4 Å². The number of benzene rings is 1. The van der Waals surface area contributed by atoms with Crippen molar-refractivity contribution in [2.75, 3.05) is 5.73 Å². The first kappa shape index (κ1) is 9.33. The third-order valence-corrected chi connectivity index (χ3v) is 2.01. The van der Waals surface area contributed by atoms with E-state index in [2.05, 4.69) is 0 Å². The van der Waals surface area contributed by atoms with Gasteiger partial charge in [-0.1, -0.05) is 0 Å². The Morgan fingerprint density at radius 2 is 2.13 bits per heavy atom. The van der Waals surface area contributed by atoms with Gasteiger partial charge in [0.2, 0.25) is 0 Å². The zero-order valence-corrected chi connectivity index (χ0v) is 7.81. The highest BCUT2D eigenvalue weighted by atomic mass is 16.4. The molecule has 0 radical (unpaired) electrons. The van der Waals surface area contributed by atoms with Crippen molar-refractivity contribution in [1.82, 2.24) is 0 Å². The molecule has 4 nitrogen and oxygen atoms in total. The Morgan fingerprint density at radius 3 is 2.73 bits per heavy atom. The van der Waals surface area contributed by atoms with Crippen LogP contribution in [-0.2, 0) is 0 Å². The number of carbonyl (C=O) groups is 1. The summed E-state index contributed by atoms with van der Waals surface area (Å²) in [6.45, 7) is 0. The number of anilines is 1. The summed E-state index contributed by atoms with van der Waals surface area (Å²) in [6.07, 6.45) is 1.53. The van der Waals surface area contributed by atoms with E-state index in [9.17, 15) is 4.79 Å². The quantitative estimate of drug-likeness (QED) is 0.733. The van der Waals surface area contributed by atoms with E-state index in [1.165, 1.54) is 18.4 Å². The Labute approximate surface area is 85.9 Å². The molecule has 0 unspecified atom stereocenters. The molecule has 1 aromatic carbocycles. The number of rotatable bonds is 2. The van der Waals surface area contributed by atoms with Crippen LogP contribution in [0.3, 0.4) is 0 Å². The topological polar surface area (TPSA) is 76.5 Å². The van der Waals surface area contributed by atoms with E-state index in [0.29, 0.717) is 17.0 Å². The molecule has 3 N–H and O–H groups in total.